The number of aromatic nitrogens is 1. The number of benzene rings is 1. The molecular weight excluding hydrogens is 264 g/mol. The first-order valence-corrected chi connectivity index (χ1v) is 8.45. The zero-order chi connectivity index (χ0) is 13.5. The Hall–Kier alpha value is -1.19. The number of aryl methyl sites for hydroxylation is 1. The fourth-order valence-corrected chi connectivity index (χ4v) is 4.77. The van der Waals surface area contributed by atoms with Gasteiger partial charge in [-0.1, -0.05) is 18.2 Å². The zero-order valence-corrected chi connectivity index (χ0v) is 12.4. The molecule has 0 saturated carbocycles. The van der Waals surface area contributed by atoms with Crippen molar-refractivity contribution in [2.24, 2.45) is 5.73 Å². The van der Waals surface area contributed by atoms with Crippen LogP contribution >= 0.6 is 11.8 Å². The Morgan fingerprint density at radius 1 is 1.20 bits per heavy atom. The highest BCUT2D eigenvalue weighted by atomic mass is 32.2. The Kier molecular flexibility index (Phi) is 3.12. The molecule has 20 heavy (non-hydrogen) atoms. The fourth-order valence-electron chi connectivity index (χ4n) is 3.52. The van der Waals surface area contributed by atoms with E-state index in [1.165, 1.54) is 40.2 Å². The van der Waals surface area contributed by atoms with E-state index in [-0.39, 0.29) is 6.04 Å². The van der Waals surface area contributed by atoms with Crippen LogP contribution in [-0.2, 0) is 13.0 Å². The number of nitrogens with zero attached hydrogens (tertiary/aromatic N) is 1. The van der Waals surface area contributed by atoms with Crippen molar-refractivity contribution in [3.05, 3.63) is 53.3 Å². The van der Waals surface area contributed by atoms with E-state index in [2.05, 4.69) is 41.2 Å². The molecule has 1 aliphatic carbocycles. The lowest BCUT2D eigenvalue weighted by Crippen LogP contribution is -2.15. The third-order valence-electron chi connectivity index (χ3n) is 4.59. The van der Waals surface area contributed by atoms with E-state index < -0.39 is 0 Å². The van der Waals surface area contributed by atoms with Crippen LogP contribution in [0.1, 0.15) is 41.5 Å². The van der Waals surface area contributed by atoms with Crippen molar-refractivity contribution in [3.63, 3.8) is 0 Å². The third-order valence-corrected chi connectivity index (χ3v) is 5.84. The Balaban J connectivity index is 1.59. The summed E-state index contributed by atoms with van der Waals surface area (Å²) in [4.78, 5) is 1.46. The van der Waals surface area contributed by atoms with Crippen LogP contribution in [0.3, 0.4) is 0 Å². The fraction of sp³-hybridized carbons (Fsp3) is 0.412. The SMILES string of the molecule is NC1CCCc2cn(CC3CSc4ccccc43)cc21. The molecule has 2 aliphatic rings. The van der Waals surface area contributed by atoms with Gasteiger partial charge in [-0.05, 0) is 42.0 Å². The highest BCUT2D eigenvalue weighted by molar-refractivity contribution is 7.99. The summed E-state index contributed by atoms with van der Waals surface area (Å²) in [6.45, 7) is 1.09. The molecule has 4 rings (SSSR count). The molecule has 0 radical (unpaired) electrons. The molecule has 2 nitrogen and oxygen atoms in total. The second-order valence-electron chi connectivity index (χ2n) is 5.98. The second-order valence-corrected chi connectivity index (χ2v) is 7.04. The van der Waals surface area contributed by atoms with Gasteiger partial charge in [0.25, 0.3) is 0 Å². The Morgan fingerprint density at radius 3 is 3.00 bits per heavy atom. The van der Waals surface area contributed by atoms with Gasteiger partial charge < -0.3 is 10.3 Å². The van der Waals surface area contributed by atoms with Gasteiger partial charge in [-0.3, -0.25) is 0 Å². The largest absolute Gasteiger partial charge is 0.353 e. The molecular formula is C17H20N2S. The lowest BCUT2D eigenvalue weighted by atomic mass is 9.92. The van der Waals surface area contributed by atoms with Crippen LogP contribution in [0.2, 0.25) is 0 Å². The minimum absolute atomic E-state index is 0.255. The molecule has 2 heterocycles. The topological polar surface area (TPSA) is 30.9 Å². The van der Waals surface area contributed by atoms with Gasteiger partial charge in [-0.25, -0.2) is 0 Å². The maximum Gasteiger partial charge on any atom is 0.0312 e. The van der Waals surface area contributed by atoms with Gasteiger partial charge in [0, 0.05) is 41.5 Å². The minimum atomic E-state index is 0.255. The number of thioether (sulfide) groups is 1. The molecule has 2 unspecified atom stereocenters. The molecule has 0 spiro atoms. The standard InChI is InChI=1S/C17H20N2S/c18-16-6-3-4-12-8-19(10-15(12)16)9-13-11-20-17-7-2-1-5-14(13)17/h1-2,5,7-8,10,13,16H,3-4,6,9,11,18H2. The number of hydrogen-bond donors (Lipinski definition) is 1. The minimum Gasteiger partial charge on any atom is -0.353 e. The Morgan fingerprint density at radius 2 is 2.10 bits per heavy atom. The molecule has 0 amide bonds. The van der Waals surface area contributed by atoms with Crippen molar-refractivity contribution in [3.8, 4) is 0 Å². The molecule has 1 aromatic carbocycles. The lowest BCUT2D eigenvalue weighted by Gasteiger charge is -2.17. The summed E-state index contributed by atoms with van der Waals surface area (Å²) < 4.78 is 2.38. The van der Waals surface area contributed by atoms with Crippen LogP contribution in [0.15, 0.2) is 41.6 Å². The van der Waals surface area contributed by atoms with Crippen LogP contribution in [0.5, 0.6) is 0 Å². The highest BCUT2D eigenvalue weighted by Crippen LogP contribution is 2.40. The maximum absolute atomic E-state index is 6.23. The number of fused-ring (bicyclic) bond motifs is 2. The van der Waals surface area contributed by atoms with Crippen LogP contribution < -0.4 is 5.73 Å². The molecule has 2 N–H and O–H groups in total. The average molecular weight is 284 g/mol. The molecule has 104 valence electrons. The van der Waals surface area contributed by atoms with Gasteiger partial charge in [0.05, 0.1) is 0 Å². The van der Waals surface area contributed by atoms with E-state index in [4.69, 9.17) is 5.73 Å². The van der Waals surface area contributed by atoms with Crippen LogP contribution in [0, 0.1) is 0 Å². The van der Waals surface area contributed by atoms with E-state index in [1.54, 1.807) is 0 Å². The first-order valence-electron chi connectivity index (χ1n) is 7.47. The summed E-state index contributed by atoms with van der Waals surface area (Å²) in [6, 6.07) is 9.09. The normalized spacial score (nSPS) is 24.4. The van der Waals surface area contributed by atoms with Gasteiger partial charge in [-0.2, -0.15) is 0 Å². The number of nitrogens with two attached hydrogens (primary N) is 1. The molecule has 0 saturated heterocycles. The van der Waals surface area contributed by atoms with E-state index >= 15 is 0 Å². The van der Waals surface area contributed by atoms with E-state index in [0.29, 0.717) is 5.92 Å². The summed E-state index contributed by atoms with van der Waals surface area (Å²) in [6.07, 6.45) is 8.20. The maximum atomic E-state index is 6.23. The predicted octanol–water partition coefficient (Wildman–Crippen LogP) is 3.71. The summed E-state index contributed by atoms with van der Waals surface area (Å²) in [5.41, 5.74) is 10.6. The predicted molar refractivity (Wildman–Crippen MR) is 84.2 cm³/mol. The van der Waals surface area contributed by atoms with Crippen molar-refractivity contribution in [1.29, 1.82) is 0 Å². The summed E-state index contributed by atoms with van der Waals surface area (Å²) in [5, 5.41) is 0. The van der Waals surface area contributed by atoms with E-state index in [1.807, 2.05) is 11.8 Å². The summed E-state index contributed by atoms with van der Waals surface area (Å²) in [7, 11) is 0. The van der Waals surface area contributed by atoms with Crippen molar-refractivity contribution in [1.82, 2.24) is 4.57 Å². The lowest BCUT2D eigenvalue weighted by molar-refractivity contribution is 0.572. The average Bonchev–Trinajstić information content (AvgIpc) is 3.05. The first-order chi connectivity index (χ1) is 9.81. The van der Waals surface area contributed by atoms with Gasteiger partial charge in [0.15, 0.2) is 0 Å². The Bertz CT molecular complexity index is 632. The zero-order valence-electron chi connectivity index (χ0n) is 11.6. The molecule has 0 bridgehead atoms. The molecule has 2 aromatic rings. The quantitative estimate of drug-likeness (QED) is 0.911. The first kappa shape index (κ1) is 12.5. The monoisotopic (exact) mass is 284 g/mol. The molecule has 1 aliphatic heterocycles. The van der Waals surface area contributed by atoms with Gasteiger partial charge in [0.2, 0.25) is 0 Å². The van der Waals surface area contributed by atoms with Gasteiger partial charge >= 0.3 is 0 Å². The molecule has 2 atom stereocenters. The summed E-state index contributed by atoms with van der Waals surface area (Å²) >= 11 is 1.99. The summed E-state index contributed by atoms with van der Waals surface area (Å²) in [5.74, 6) is 1.84. The van der Waals surface area contributed by atoms with E-state index in [0.717, 1.165) is 13.0 Å². The molecule has 1 aromatic heterocycles. The molecule has 0 fully saturated rings. The third kappa shape index (κ3) is 2.09. The highest BCUT2D eigenvalue weighted by Gasteiger charge is 2.24. The van der Waals surface area contributed by atoms with Crippen LogP contribution in [0.25, 0.3) is 0 Å². The van der Waals surface area contributed by atoms with Crippen LogP contribution in [0.4, 0.5) is 0 Å². The smallest absolute Gasteiger partial charge is 0.0312 e. The van der Waals surface area contributed by atoms with Crippen LogP contribution in [-0.4, -0.2) is 10.3 Å². The van der Waals surface area contributed by atoms with E-state index in [9.17, 15) is 0 Å². The van der Waals surface area contributed by atoms with Crippen molar-refractivity contribution < 1.29 is 0 Å². The molecule has 3 heteroatoms. The Labute approximate surface area is 124 Å². The number of rotatable bonds is 2. The van der Waals surface area contributed by atoms with Crippen molar-refractivity contribution in [2.75, 3.05) is 5.75 Å². The van der Waals surface area contributed by atoms with Gasteiger partial charge in [-0.15, -0.1) is 11.8 Å². The second kappa shape index (κ2) is 4.97. The van der Waals surface area contributed by atoms with Crippen molar-refractivity contribution >= 4 is 11.8 Å². The number of hydrogen-bond acceptors (Lipinski definition) is 2. The van der Waals surface area contributed by atoms with Crippen molar-refractivity contribution in [2.45, 2.75) is 42.7 Å². The van der Waals surface area contributed by atoms with Gasteiger partial charge in [0.1, 0.15) is 0 Å².